The average molecular weight is 391 g/mol. The van der Waals surface area contributed by atoms with Gasteiger partial charge < -0.3 is 24.1 Å². The molecule has 0 rings (SSSR count). The molecule has 0 aromatic rings. The van der Waals surface area contributed by atoms with Gasteiger partial charge in [0.1, 0.15) is 12.7 Å². The lowest BCUT2D eigenvalue weighted by molar-refractivity contribution is -0.154. The summed E-state index contributed by atoms with van der Waals surface area (Å²) in [5, 5.41) is 8.93. The van der Waals surface area contributed by atoms with Gasteiger partial charge in [-0.2, -0.15) is 0 Å². The summed E-state index contributed by atoms with van der Waals surface area (Å²) in [6.45, 7) is 7.01. The lowest BCUT2D eigenvalue weighted by Crippen LogP contribution is -2.21. The fourth-order valence-corrected chi connectivity index (χ4v) is 2.56. The molecule has 0 aromatic carbocycles. The van der Waals surface area contributed by atoms with E-state index in [0.717, 1.165) is 13.0 Å². The minimum atomic E-state index is -1.09. The van der Waals surface area contributed by atoms with Gasteiger partial charge in [0.2, 0.25) is 0 Å². The van der Waals surface area contributed by atoms with E-state index in [1.807, 2.05) is 0 Å². The van der Waals surface area contributed by atoms with Gasteiger partial charge in [-0.3, -0.25) is 0 Å². The largest absolute Gasteiger partial charge is 0.461 e. The molecule has 0 aliphatic rings. The monoisotopic (exact) mass is 390 g/mol. The van der Waals surface area contributed by atoms with Crippen LogP contribution in [0.3, 0.4) is 0 Å². The van der Waals surface area contributed by atoms with E-state index in [0.29, 0.717) is 33.0 Å². The van der Waals surface area contributed by atoms with Crippen LogP contribution in [-0.4, -0.2) is 63.4 Å². The third-order valence-electron chi connectivity index (χ3n) is 4.20. The van der Waals surface area contributed by atoms with E-state index in [-0.39, 0.29) is 6.61 Å². The van der Waals surface area contributed by atoms with Gasteiger partial charge in [-0.1, -0.05) is 64.7 Å². The number of unbranched alkanes of at least 4 members (excludes halogenated alkanes) is 9. The molecule has 0 saturated heterocycles. The SMILES string of the molecule is CCCCCCCCCCCCOCCOCCOCCOC(=O)[C@H](C)O. The number of rotatable bonds is 21. The molecule has 0 heterocycles. The summed E-state index contributed by atoms with van der Waals surface area (Å²) in [6.07, 6.45) is 12.2. The van der Waals surface area contributed by atoms with E-state index in [1.54, 1.807) is 0 Å². The standard InChI is InChI=1S/C21H42O6/c1-3-4-5-6-7-8-9-10-11-12-13-24-14-15-25-16-17-26-18-19-27-21(23)20(2)22/h20,22H,3-19H2,1-2H3/t20-/m0/s1. The van der Waals surface area contributed by atoms with Crippen LogP contribution in [0.1, 0.15) is 78.1 Å². The van der Waals surface area contributed by atoms with Crippen LogP contribution < -0.4 is 0 Å². The van der Waals surface area contributed by atoms with E-state index < -0.39 is 12.1 Å². The fraction of sp³-hybridized carbons (Fsp3) is 0.952. The lowest BCUT2D eigenvalue weighted by Gasteiger charge is -2.08. The Morgan fingerprint density at radius 3 is 1.56 bits per heavy atom. The predicted octanol–water partition coefficient (Wildman–Crippen LogP) is 3.88. The zero-order chi connectivity index (χ0) is 20.0. The van der Waals surface area contributed by atoms with E-state index in [2.05, 4.69) is 6.92 Å². The fourth-order valence-electron chi connectivity index (χ4n) is 2.56. The van der Waals surface area contributed by atoms with Crippen molar-refractivity contribution in [1.29, 1.82) is 0 Å². The first-order valence-electron chi connectivity index (χ1n) is 10.8. The summed E-state index contributed by atoms with van der Waals surface area (Å²) >= 11 is 0. The van der Waals surface area contributed by atoms with Gasteiger partial charge in [0.25, 0.3) is 0 Å². The Bertz CT molecular complexity index is 309. The third kappa shape index (κ3) is 21.5. The topological polar surface area (TPSA) is 74.2 Å². The molecule has 6 heteroatoms. The second kappa shape index (κ2) is 21.6. The molecule has 27 heavy (non-hydrogen) atoms. The van der Waals surface area contributed by atoms with Crippen LogP contribution in [0.5, 0.6) is 0 Å². The predicted molar refractivity (Wildman–Crippen MR) is 107 cm³/mol. The van der Waals surface area contributed by atoms with Gasteiger partial charge in [-0.15, -0.1) is 0 Å². The third-order valence-corrected chi connectivity index (χ3v) is 4.20. The molecule has 0 fully saturated rings. The summed E-state index contributed by atoms with van der Waals surface area (Å²) < 4.78 is 21.0. The highest BCUT2D eigenvalue weighted by atomic mass is 16.6. The van der Waals surface area contributed by atoms with Crippen LogP contribution in [0, 0.1) is 0 Å². The first-order chi connectivity index (χ1) is 13.2. The molecule has 0 bridgehead atoms. The van der Waals surface area contributed by atoms with Crippen LogP contribution in [0.25, 0.3) is 0 Å². The molecule has 1 atom stereocenters. The van der Waals surface area contributed by atoms with E-state index >= 15 is 0 Å². The van der Waals surface area contributed by atoms with Crippen molar-refractivity contribution in [2.24, 2.45) is 0 Å². The zero-order valence-electron chi connectivity index (χ0n) is 17.6. The molecular weight excluding hydrogens is 348 g/mol. The molecule has 1 N–H and O–H groups in total. The minimum absolute atomic E-state index is 0.145. The number of hydrogen-bond acceptors (Lipinski definition) is 6. The van der Waals surface area contributed by atoms with Crippen LogP contribution >= 0.6 is 0 Å². The molecule has 0 aromatic heterocycles. The molecular formula is C21H42O6. The maximum absolute atomic E-state index is 11.0. The Kier molecular flexibility index (Phi) is 21.1. The van der Waals surface area contributed by atoms with Crippen LogP contribution in [0.4, 0.5) is 0 Å². The van der Waals surface area contributed by atoms with E-state index in [1.165, 1.54) is 64.7 Å². The Balaban J connectivity index is 3.04. The van der Waals surface area contributed by atoms with Crippen molar-refractivity contribution in [1.82, 2.24) is 0 Å². The second-order valence-corrected chi connectivity index (χ2v) is 6.86. The first-order valence-corrected chi connectivity index (χ1v) is 10.8. The van der Waals surface area contributed by atoms with Gasteiger partial charge in [0.15, 0.2) is 0 Å². The molecule has 0 aliphatic carbocycles. The summed E-state index contributed by atoms with van der Waals surface area (Å²) in [7, 11) is 0. The highest BCUT2D eigenvalue weighted by molar-refractivity contribution is 5.73. The van der Waals surface area contributed by atoms with Crippen molar-refractivity contribution in [3.8, 4) is 0 Å². The molecule has 162 valence electrons. The summed E-state index contributed by atoms with van der Waals surface area (Å²) in [4.78, 5) is 11.0. The van der Waals surface area contributed by atoms with Gasteiger partial charge in [-0.05, 0) is 13.3 Å². The number of ether oxygens (including phenoxy) is 4. The molecule has 6 nitrogen and oxygen atoms in total. The minimum Gasteiger partial charge on any atom is -0.461 e. The molecule has 0 aliphatic heterocycles. The van der Waals surface area contributed by atoms with Crippen molar-refractivity contribution in [2.75, 3.05) is 46.2 Å². The van der Waals surface area contributed by atoms with Gasteiger partial charge in [-0.25, -0.2) is 4.79 Å². The number of esters is 1. The number of carbonyl (C=O) groups excluding carboxylic acids is 1. The summed E-state index contributed by atoms with van der Waals surface area (Å²) in [6, 6.07) is 0. The average Bonchev–Trinajstić information content (AvgIpc) is 2.66. The molecule has 0 unspecified atom stereocenters. The Hall–Kier alpha value is -0.690. The van der Waals surface area contributed by atoms with Crippen LogP contribution in [-0.2, 0) is 23.7 Å². The molecule has 0 spiro atoms. The van der Waals surface area contributed by atoms with Crippen molar-refractivity contribution in [3.63, 3.8) is 0 Å². The highest BCUT2D eigenvalue weighted by Crippen LogP contribution is 2.10. The molecule has 0 saturated carbocycles. The summed E-state index contributed by atoms with van der Waals surface area (Å²) in [5.41, 5.74) is 0. The first kappa shape index (κ1) is 26.3. The Morgan fingerprint density at radius 1 is 0.667 bits per heavy atom. The quantitative estimate of drug-likeness (QED) is 0.237. The van der Waals surface area contributed by atoms with E-state index in [4.69, 9.17) is 24.1 Å². The Morgan fingerprint density at radius 2 is 1.07 bits per heavy atom. The number of aliphatic hydroxyl groups excluding tert-OH is 1. The van der Waals surface area contributed by atoms with Crippen molar-refractivity contribution >= 4 is 5.97 Å². The highest BCUT2D eigenvalue weighted by Gasteiger charge is 2.08. The van der Waals surface area contributed by atoms with Crippen molar-refractivity contribution < 1.29 is 28.8 Å². The van der Waals surface area contributed by atoms with Gasteiger partial charge in [0, 0.05) is 6.61 Å². The maximum Gasteiger partial charge on any atom is 0.334 e. The second-order valence-electron chi connectivity index (χ2n) is 6.86. The zero-order valence-corrected chi connectivity index (χ0v) is 17.6. The van der Waals surface area contributed by atoms with Crippen LogP contribution in [0.15, 0.2) is 0 Å². The lowest BCUT2D eigenvalue weighted by atomic mass is 10.1. The maximum atomic E-state index is 11.0. The van der Waals surface area contributed by atoms with Gasteiger partial charge in [0.05, 0.1) is 33.0 Å². The Labute approximate surface area is 165 Å². The van der Waals surface area contributed by atoms with E-state index in [9.17, 15) is 4.79 Å². The van der Waals surface area contributed by atoms with Gasteiger partial charge >= 0.3 is 5.97 Å². The molecule has 0 radical (unpaired) electrons. The van der Waals surface area contributed by atoms with Crippen molar-refractivity contribution in [3.05, 3.63) is 0 Å². The van der Waals surface area contributed by atoms with Crippen molar-refractivity contribution in [2.45, 2.75) is 84.2 Å². The number of hydrogen-bond donors (Lipinski definition) is 1. The molecule has 0 amide bonds. The smallest absolute Gasteiger partial charge is 0.334 e. The number of carbonyl (C=O) groups is 1. The number of aliphatic hydroxyl groups is 1. The van der Waals surface area contributed by atoms with Crippen LogP contribution in [0.2, 0.25) is 0 Å². The summed E-state index contributed by atoms with van der Waals surface area (Å²) in [5.74, 6) is -0.630. The normalized spacial score (nSPS) is 12.3.